The number of carbonyl (C=O) groups is 1. The third-order valence-corrected chi connectivity index (χ3v) is 3.68. The Bertz CT molecular complexity index is 616. The molecule has 0 atom stereocenters. The predicted octanol–water partition coefficient (Wildman–Crippen LogP) is 3.13. The van der Waals surface area contributed by atoms with Crippen LogP contribution in [0.4, 0.5) is 0 Å². The highest BCUT2D eigenvalue weighted by molar-refractivity contribution is 5.89. The molecule has 0 aliphatic rings. The summed E-state index contributed by atoms with van der Waals surface area (Å²) in [5.41, 5.74) is 4.16. The summed E-state index contributed by atoms with van der Waals surface area (Å²) < 4.78 is 10.9. The average Bonchev–Trinajstić information content (AvgIpc) is 2.86. The van der Waals surface area contributed by atoms with Gasteiger partial charge in [-0.2, -0.15) is 0 Å². The molecule has 2 rings (SSSR count). The number of carbonyl (C=O) groups excluding carboxylic acids is 1. The molecule has 1 aromatic heterocycles. The Morgan fingerprint density at radius 1 is 1.33 bits per heavy atom. The summed E-state index contributed by atoms with van der Waals surface area (Å²) in [4.78, 5) is 11.9. The van der Waals surface area contributed by atoms with E-state index >= 15 is 0 Å². The lowest BCUT2D eigenvalue weighted by Crippen LogP contribution is -2.26. The highest BCUT2D eigenvalue weighted by Gasteiger charge is 2.12. The van der Waals surface area contributed by atoms with Gasteiger partial charge >= 0.3 is 0 Å². The third kappa shape index (κ3) is 3.85. The molecular formula is C17H23NO3. The molecule has 0 aliphatic heterocycles. The van der Waals surface area contributed by atoms with Gasteiger partial charge in [0, 0.05) is 30.7 Å². The summed E-state index contributed by atoms with van der Waals surface area (Å²) in [7, 11) is 0. The molecule has 0 aliphatic carbocycles. The minimum atomic E-state index is 0.0208. The van der Waals surface area contributed by atoms with Crippen LogP contribution in [0.15, 0.2) is 22.8 Å². The van der Waals surface area contributed by atoms with Crippen LogP contribution in [0.3, 0.4) is 0 Å². The smallest absolute Gasteiger partial charge is 0.224 e. The second-order valence-electron chi connectivity index (χ2n) is 5.22. The van der Waals surface area contributed by atoms with Gasteiger partial charge in [-0.3, -0.25) is 4.79 Å². The standard InChI is InChI=1S/C17H23NO3/c1-4-20-9-5-8-18-16(19)10-14-11-21-17-13(3)12(2)6-7-15(14)17/h6-7,11H,4-5,8-10H2,1-3H3,(H,18,19). The van der Waals surface area contributed by atoms with Gasteiger partial charge in [0.1, 0.15) is 5.58 Å². The fourth-order valence-electron chi connectivity index (χ4n) is 2.31. The van der Waals surface area contributed by atoms with E-state index in [1.54, 1.807) is 6.26 Å². The Labute approximate surface area is 125 Å². The lowest BCUT2D eigenvalue weighted by Gasteiger charge is -2.05. The topological polar surface area (TPSA) is 51.5 Å². The number of nitrogens with one attached hydrogen (secondary N) is 1. The van der Waals surface area contributed by atoms with Crippen LogP contribution in [0.5, 0.6) is 0 Å². The average molecular weight is 289 g/mol. The van der Waals surface area contributed by atoms with E-state index in [-0.39, 0.29) is 5.91 Å². The van der Waals surface area contributed by atoms with Crippen molar-refractivity contribution in [3.63, 3.8) is 0 Å². The zero-order chi connectivity index (χ0) is 15.2. The van der Waals surface area contributed by atoms with Gasteiger partial charge in [-0.05, 0) is 38.3 Å². The first-order valence-electron chi connectivity index (χ1n) is 7.44. The molecule has 0 spiro atoms. The van der Waals surface area contributed by atoms with Gasteiger partial charge in [0.15, 0.2) is 0 Å². The molecule has 114 valence electrons. The van der Waals surface area contributed by atoms with Crippen LogP contribution in [0.1, 0.15) is 30.0 Å². The van der Waals surface area contributed by atoms with Crippen molar-refractivity contribution in [1.29, 1.82) is 0 Å². The third-order valence-electron chi connectivity index (χ3n) is 3.68. The van der Waals surface area contributed by atoms with Crippen molar-refractivity contribution in [3.8, 4) is 0 Å². The number of rotatable bonds is 7. The quantitative estimate of drug-likeness (QED) is 0.797. The minimum Gasteiger partial charge on any atom is -0.464 e. The molecule has 0 saturated heterocycles. The summed E-state index contributed by atoms with van der Waals surface area (Å²) in [6.45, 7) is 8.11. The fourth-order valence-corrected chi connectivity index (χ4v) is 2.31. The van der Waals surface area contributed by atoms with Crippen molar-refractivity contribution in [2.75, 3.05) is 19.8 Å². The summed E-state index contributed by atoms with van der Waals surface area (Å²) in [6.07, 6.45) is 2.88. The van der Waals surface area contributed by atoms with Gasteiger partial charge in [-0.25, -0.2) is 0 Å². The SMILES string of the molecule is CCOCCCNC(=O)Cc1coc2c(C)c(C)ccc12. The maximum Gasteiger partial charge on any atom is 0.224 e. The molecule has 0 bridgehead atoms. The van der Waals surface area contributed by atoms with E-state index in [1.165, 1.54) is 5.56 Å². The van der Waals surface area contributed by atoms with Gasteiger partial charge < -0.3 is 14.5 Å². The zero-order valence-electron chi connectivity index (χ0n) is 13.0. The molecule has 1 aromatic carbocycles. The van der Waals surface area contributed by atoms with Crippen LogP contribution in [0.25, 0.3) is 11.0 Å². The first-order valence-corrected chi connectivity index (χ1v) is 7.44. The molecule has 0 radical (unpaired) electrons. The molecule has 1 heterocycles. The van der Waals surface area contributed by atoms with Crippen LogP contribution in [0, 0.1) is 13.8 Å². The number of fused-ring (bicyclic) bond motifs is 1. The van der Waals surface area contributed by atoms with Crippen LogP contribution >= 0.6 is 0 Å². The van der Waals surface area contributed by atoms with Crippen LogP contribution < -0.4 is 5.32 Å². The fraction of sp³-hybridized carbons (Fsp3) is 0.471. The number of amides is 1. The molecule has 4 heteroatoms. The minimum absolute atomic E-state index is 0.0208. The Morgan fingerprint density at radius 3 is 2.90 bits per heavy atom. The van der Waals surface area contributed by atoms with E-state index in [1.807, 2.05) is 19.9 Å². The van der Waals surface area contributed by atoms with E-state index in [0.29, 0.717) is 26.2 Å². The molecule has 4 nitrogen and oxygen atoms in total. The summed E-state index contributed by atoms with van der Waals surface area (Å²) in [5.74, 6) is 0.0208. The maximum atomic E-state index is 11.9. The number of benzene rings is 1. The molecule has 1 amide bonds. The van der Waals surface area contributed by atoms with E-state index in [0.717, 1.165) is 28.5 Å². The Hall–Kier alpha value is -1.81. The summed E-state index contributed by atoms with van der Waals surface area (Å²) in [5, 5.41) is 3.94. The number of aryl methyl sites for hydroxylation is 2. The zero-order valence-corrected chi connectivity index (χ0v) is 13.0. The molecule has 2 aromatic rings. The van der Waals surface area contributed by atoms with Crippen molar-refractivity contribution < 1.29 is 13.9 Å². The first-order chi connectivity index (χ1) is 10.1. The Kier molecular flexibility index (Phi) is 5.39. The highest BCUT2D eigenvalue weighted by atomic mass is 16.5. The normalized spacial score (nSPS) is 11.0. The van der Waals surface area contributed by atoms with Gasteiger partial charge in [0.2, 0.25) is 5.91 Å². The molecule has 1 N–H and O–H groups in total. The monoisotopic (exact) mass is 289 g/mol. The Morgan fingerprint density at radius 2 is 2.14 bits per heavy atom. The van der Waals surface area contributed by atoms with E-state index < -0.39 is 0 Å². The van der Waals surface area contributed by atoms with Gasteiger partial charge in [0.25, 0.3) is 0 Å². The van der Waals surface area contributed by atoms with Gasteiger partial charge in [-0.1, -0.05) is 12.1 Å². The first kappa shape index (κ1) is 15.6. The van der Waals surface area contributed by atoms with Crippen LogP contribution in [-0.2, 0) is 16.0 Å². The molecular weight excluding hydrogens is 266 g/mol. The van der Waals surface area contributed by atoms with E-state index in [4.69, 9.17) is 9.15 Å². The van der Waals surface area contributed by atoms with Gasteiger partial charge in [0.05, 0.1) is 12.7 Å². The van der Waals surface area contributed by atoms with Gasteiger partial charge in [-0.15, -0.1) is 0 Å². The lowest BCUT2D eigenvalue weighted by atomic mass is 10.0. The van der Waals surface area contributed by atoms with E-state index in [9.17, 15) is 4.79 Å². The maximum absolute atomic E-state index is 11.9. The molecule has 21 heavy (non-hydrogen) atoms. The predicted molar refractivity (Wildman–Crippen MR) is 83.5 cm³/mol. The number of furan rings is 1. The summed E-state index contributed by atoms with van der Waals surface area (Å²) in [6, 6.07) is 4.09. The van der Waals surface area contributed by atoms with Crippen LogP contribution in [-0.4, -0.2) is 25.7 Å². The highest BCUT2D eigenvalue weighted by Crippen LogP contribution is 2.26. The van der Waals surface area contributed by atoms with Crippen molar-refractivity contribution in [3.05, 3.63) is 35.1 Å². The second kappa shape index (κ2) is 7.27. The van der Waals surface area contributed by atoms with Crippen LogP contribution in [0.2, 0.25) is 0 Å². The largest absolute Gasteiger partial charge is 0.464 e. The molecule has 0 saturated carbocycles. The number of ether oxygens (including phenoxy) is 1. The molecule has 0 unspecified atom stereocenters. The van der Waals surface area contributed by atoms with Crippen molar-refractivity contribution in [2.45, 2.75) is 33.6 Å². The summed E-state index contributed by atoms with van der Waals surface area (Å²) >= 11 is 0. The number of hydrogen-bond acceptors (Lipinski definition) is 3. The lowest BCUT2D eigenvalue weighted by molar-refractivity contribution is -0.120. The van der Waals surface area contributed by atoms with Crippen molar-refractivity contribution in [2.24, 2.45) is 0 Å². The molecule has 0 fully saturated rings. The second-order valence-corrected chi connectivity index (χ2v) is 5.22. The Balaban J connectivity index is 1.94. The number of hydrogen-bond donors (Lipinski definition) is 1. The van der Waals surface area contributed by atoms with E-state index in [2.05, 4.69) is 18.3 Å². The van der Waals surface area contributed by atoms with Crippen molar-refractivity contribution >= 4 is 16.9 Å². The van der Waals surface area contributed by atoms with Crippen molar-refractivity contribution in [1.82, 2.24) is 5.32 Å².